The first-order chi connectivity index (χ1) is 11.0. The van der Waals surface area contributed by atoms with Crippen molar-refractivity contribution in [3.8, 4) is 0 Å². The summed E-state index contributed by atoms with van der Waals surface area (Å²) in [6, 6.07) is 7.00. The molecule has 1 aliphatic carbocycles. The van der Waals surface area contributed by atoms with E-state index >= 15 is 0 Å². The number of nitrogens with one attached hydrogen (secondary N) is 1. The van der Waals surface area contributed by atoms with Crippen LogP contribution in [0.5, 0.6) is 0 Å². The highest BCUT2D eigenvalue weighted by molar-refractivity contribution is 5.87. The number of para-hydroxylation sites is 1. The number of rotatable bonds is 5. The van der Waals surface area contributed by atoms with E-state index in [1.165, 1.54) is 10.9 Å². The number of benzene rings is 1. The number of hydrogen-bond acceptors (Lipinski definition) is 4. The minimum atomic E-state index is -1.12. The van der Waals surface area contributed by atoms with Gasteiger partial charge in [0.2, 0.25) is 5.91 Å². The van der Waals surface area contributed by atoms with E-state index in [0.717, 1.165) is 6.42 Å². The first-order valence-corrected chi connectivity index (χ1v) is 7.50. The Balaban J connectivity index is 1.69. The Morgan fingerprint density at radius 1 is 1.30 bits per heavy atom. The molecule has 1 saturated carbocycles. The third kappa shape index (κ3) is 2.81. The molecule has 23 heavy (non-hydrogen) atoms. The number of aryl methyl sites for hydroxylation is 1. The smallest absolute Gasteiger partial charge is 0.329 e. The molecule has 2 N–H and O–H groups in total. The van der Waals surface area contributed by atoms with Crippen molar-refractivity contribution in [1.82, 2.24) is 14.9 Å². The average molecular weight is 315 g/mol. The zero-order chi connectivity index (χ0) is 16.4. The molecular weight excluding hydrogens is 298 g/mol. The minimum Gasteiger partial charge on any atom is -0.480 e. The van der Waals surface area contributed by atoms with Gasteiger partial charge in [-0.3, -0.25) is 14.2 Å². The van der Waals surface area contributed by atoms with Crippen molar-refractivity contribution in [3.05, 3.63) is 40.9 Å². The number of carbonyl (C=O) groups is 2. The minimum absolute atomic E-state index is 0.0367. The van der Waals surface area contributed by atoms with Crippen LogP contribution in [-0.2, 0) is 16.1 Å². The Labute approximate surface area is 132 Å². The summed E-state index contributed by atoms with van der Waals surface area (Å²) in [5.41, 5.74) is -0.721. The van der Waals surface area contributed by atoms with E-state index < -0.39 is 11.5 Å². The molecule has 3 rings (SSSR count). The molecule has 0 aliphatic heterocycles. The van der Waals surface area contributed by atoms with E-state index in [1.807, 2.05) is 0 Å². The van der Waals surface area contributed by atoms with Crippen LogP contribution in [0.15, 0.2) is 35.4 Å². The second kappa shape index (κ2) is 5.83. The van der Waals surface area contributed by atoms with Crippen LogP contribution in [0.4, 0.5) is 0 Å². The molecule has 0 saturated heterocycles. The van der Waals surface area contributed by atoms with Gasteiger partial charge in [0.15, 0.2) is 0 Å². The van der Waals surface area contributed by atoms with Crippen LogP contribution in [0.2, 0.25) is 0 Å². The standard InChI is InChI=1S/C16H17N3O4/c20-13(18-16(15(22)23)7-3-8-16)6-9-19-10-17-12-5-2-1-4-11(12)14(19)21/h1-2,4-5,10H,3,6-9H2,(H,18,20)(H,22,23). The van der Waals surface area contributed by atoms with Crippen LogP contribution in [0, 0.1) is 0 Å². The van der Waals surface area contributed by atoms with E-state index in [0.29, 0.717) is 23.7 Å². The summed E-state index contributed by atoms with van der Waals surface area (Å²) in [5.74, 6) is -1.37. The van der Waals surface area contributed by atoms with Crippen molar-refractivity contribution in [1.29, 1.82) is 0 Å². The van der Waals surface area contributed by atoms with E-state index in [1.54, 1.807) is 24.3 Å². The van der Waals surface area contributed by atoms with Crippen molar-refractivity contribution in [2.45, 2.75) is 37.8 Å². The number of amides is 1. The lowest BCUT2D eigenvalue weighted by Gasteiger charge is -2.38. The third-order valence-electron chi connectivity index (χ3n) is 4.31. The normalized spacial score (nSPS) is 15.8. The number of nitrogens with zero attached hydrogens (tertiary/aromatic N) is 2. The Morgan fingerprint density at radius 3 is 2.70 bits per heavy atom. The van der Waals surface area contributed by atoms with Crippen molar-refractivity contribution in [3.63, 3.8) is 0 Å². The summed E-state index contributed by atoms with van der Waals surface area (Å²) in [4.78, 5) is 39.7. The van der Waals surface area contributed by atoms with Crippen LogP contribution in [0.25, 0.3) is 10.9 Å². The summed E-state index contributed by atoms with van der Waals surface area (Å²) in [7, 11) is 0. The van der Waals surface area contributed by atoms with E-state index in [-0.39, 0.29) is 24.4 Å². The first kappa shape index (κ1) is 15.2. The Morgan fingerprint density at radius 2 is 2.04 bits per heavy atom. The zero-order valence-electron chi connectivity index (χ0n) is 12.5. The average Bonchev–Trinajstić information content (AvgIpc) is 2.50. The van der Waals surface area contributed by atoms with Gasteiger partial charge in [0.1, 0.15) is 5.54 Å². The van der Waals surface area contributed by atoms with Gasteiger partial charge < -0.3 is 10.4 Å². The van der Waals surface area contributed by atoms with Crippen LogP contribution in [0.3, 0.4) is 0 Å². The van der Waals surface area contributed by atoms with E-state index in [9.17, 15) is 19.5 Å². The largest absolute Gasteiger partial charge is 0.480 e. The lowest BCUT2D eigenvalue weighted by Crippen LogP contribution is -2.59. The number of carboxylic acids is 1. The molecule has 1 amide bonds. The highest BCUT2D eigenvalue weighted by Crippen LogP contribution is 2.32. The van der Waals surface area contributed by atoms with Gasteiger partial charge in [0, 0.05) is 13.0 Å². The topological polar surface area (TPSA) is 101 Å². The Hall–Kier alpha value is -2.70. The molecule has 0 bridgehead atoms. The molecule has 2 aromatic rings. The molecule has 1 aromatic carbocycles. The summed E-state index contributed by atoms with van der Waals surface area (Å²) in [5, 5.41) is 12.3. The molecule has 1 fully saturated rings. The molecule has 0 radical (unpaired) electrons. The number of carboxylic acid groups (broad SMARTS) is 1. The van der Waals surface area contributed by atoms with Gasteiger partial charge in [-0.05, 0) is 31.4 Å². The van der Waals surface area contributed by atoms with Crippen LogP contribution in [0.1, 0.15) is 25.7 Å². The fourth-order valence-electron chi connectivity index (χ4n) is 2.74. The quantitative estimate of drug-likeness (QED) is 0.854. The lowest BCUT2D eigenvalue weighted by molar-refractivity contribution is -0.151. The number of carbonyl (C=O) groups excluding carboxylic acids is 1. The van der Waals surface area contributed by atoms with Gasteiger partial charge in [0.25, 0.3) is 5.56 Å². The van der Waals surface area contributed by atoms with Crippen LogP contribution in [-0.4, -0.2) is 32.1 Å². The fourth-order valence-corrected chi connectivity index (χ4v) is 2.74. The fraction of sp³-hybridized carbons (Fsp3) is 0.375. The molecule has 120 valence electrons. The molecule has 7 nitrogen and oxygen atoms in total. The number of aliphatic carboxylic acids is 1. The molecule has 0 unspecified atom stereocenters. The molecule has 0 atom stereocenters. The maximum absolute atomic E-state index is 12.3. The Bertz CT molecular complexity index is 823. The summed E-state index contributed by atoms with van der Waals surface area (Å²) >= 11 is 0. The predicted molar refractivity (Wildman–Crippen MR) is 83.0 cm³/mol. The van der Waals surface area contributed by atoms with E-state index in [2.05, 4.69) is 10.3 Å². The zero-order valence-corrected chi connectivity index (χ0v) is 12.5. The Kier molecular flexibility index (Phi) is 3.85. The number of hydrogen-bond donors (Lipinski definition) is 2. The highest BCUT2D eigenvalue weighted by Gasteiger charge is 2.45. The second-order valence-electron chi connectivity index (χ2n) is 5.80. The third-order valence-corrected chi connectivity index (χ3v) is 4.31. The van der Waals surface area contributed by atoms with E-state index in [4.69, 9.17) is 0 Å². The molecular formula is C16H17N3O4. The number of aromatic nitrogens is 2. The van der Waals surface area contributed by atoms with Gasteiger partial charge in [-0.15, -0.1) is 0 Å². The first-order valence-electron chi connectivity index (χ1n) is 7.50. The summed E-state index contributed by atoms with van der Waals surface area (Å²) in [6.07, 6.45) is 3.14. The predicted octanol–water partition coefficient (Wildman–Crippen LogP) is 0.910. The molecule has 1 aliphatic rings. The molecule has 7 heteroatoms. The summed E-state index contributed by atoms with van der Waals surface area (Å²) in [6.45, 7) is 0.165. The lowest BCUT2D eigenvalue weighted by atomic mass is 9.76. The van der Waals surface area contributed by atoms with Gasteiger partial charge in [-0.2, -0.15) is 0 Å². The van der Waals surface area contributed by atoms with Crippen molar-refractivity contribution < 1.29 is 14.7 Å². The van der Waals surface area contributed by atoms with Crippen LogP contribution >= 0.6 is 0 Å². The van der Waals surface area contributed by atoms with Crippen LogP contribution < -0.4 is 10.9 Å². The molecule has 0 spiro atoms. The maximum atomic E-state index is 12.3. The van der Waals surface area contributed by atoms with Crippen molar-refractivity contribution >= 4 is 22.8 Å². The molecule has 1 aromatic heterocycles. The van der Waals surface area contributed by atoms with Gasteiger partial charge in [-0.1, -0.05) is 12.1 Å². The van der Waals surface area contributed by atoms with Crippen molar-refractivity contribution in [2.75, 3.05) is 0 Å². The SMILES string of the molecule is O=C(CCn1cnc2ccccc2c1=O)NC1(C(=O)O)CCC1. The van der Waals surface area contributed by atoms with Gasteiger partial charge in [-0.25, -0.2) is 9.78 Å². The van der Waals surface area contributed by atoms with Gasteiger partial charge in [0.05, 0.1) is 17.2 Å². The number of fused-ring (bicyclic) bond motifs is 1. The summed E-state index contributed by atoms with van der Waals surface area (Å²) < 4.78 is 1.37. The second-order valence-corrected chi connectivity index (χ2v) is 5.80. The highest BCUT2D eigenvalue weighted by atomic mass is 16.4. The van der Waals surface area contributed by atoms with Crippen molar-refractivity contribution in [2.24, 2.45) is 0 Å². The maximum Gasteiger partial charge on any atom is 0.329 e. The monoisotopic (exact) mass is 315 g/mol. The van der Waals surface area contributed by atoms with Gasteiger partial charge >= 0.3 is 5.97 Å². The molecule has 1 heterocycles.